The van der Waals surface area contributed by atoms with E-state index in [2.05, 4.69) is 5.32 Å². The Morgan fingerprint density at radius 2 is 1.45 bits per heavy atom. The number of nitrogens with one attached hydrogen (secondary N) is 1. The zero-order chi connectivity index (χ0) is 31.9. The fraction of sp³-hybridized carbons (Fsp3) is 0.235. The van der Waals surface area contributed by atoms with E-state index >= 15 is 0 Å². The summed E-state index contributed by atoms with van der Waals surface area (Å²) in [5.74, 6) is -0.920. The first-order valence-electron chi connectivity index (χ1n) is 14.2. The summed E-state index contributed by atoms with van der Waals surface area (Å²) in [6.07, 6.45) is 0.216. The fourth-order valence-corrected chi connectivity index (χ4v) is 6.57. The van der Waals surface area contributed by atoms with Gasteiger partial charge in [-0.15, -0.1) is 0 Å². The number of benzene rings is 4. The smallest absolute Gasteiger partial charge is 0.264 e. The highest BCUT2D eigenvalue weighted by Crippen LogP contribution is 2.29. The molecule has 0 aliphatic rings. The molecule has 230 valence electrons. The molecule has 0 aromatic heterocycles. The maximum atomic E-state index is 14.4. The lowest BCUT2D eigenvalue weighted by Gasteiger charge is -2.34. The minimum absolute atomic E-state index is 0.0178. The second kappa shape index (κ2) is 14.8. The number of carbonyl (C=O) groups excluding carboxylic acids is 2. The summed E-state index contributed by atoms with van der Waals surface area (Å²) in [6, 6.07) is 28.0. The highest BCUT2D eigenvalue weighted by molar-refractivity contribution is 7.92. The Hall–Kier alpha value is -3.85. The van der Waals surface area contributed by atoms with E-state index in [0.29, 0.717) is 15.6 Å². The normalized spacial score (nSPS) is 12.0. The summed E-state index contributed by atoms with van der Waals surface area (Å²) in [5, 5.41) is 3.78. The monoisotopic (exact) mass is 651 g/mol. The van der Waals surface area contributed by atoms with Crippen LogP contribution >= 0.6 is 23.2 Å². The molecule has 0 radical (unpaired) electrons. The molecule has 44 heavy (non-hydrogen) atoms. The summed E-state index contributed by atoms with van der Waals surface area (Å²) >= 11 is 12.7. The van der Waals surface area contributed by atoms with E-state index in [1.165, 1.54) is 23.1 Å². The van der Waals surface area contributed by atoms with E-state index in [1.807, 2.05) is 57.2 Å². The molecule has 0 aliphatic heterocycles. The standard InChI is InChI=1S/C34H35Cl2N3O4S/c1-24(2)37-34(41)32(20-26-11-6-4-7-12-26)38(22-27-13-10-14-28(35)19-27)33(40)23-39(29-18-17-25(3)31(36)21-29)44(42,43)30-15-8-5-9-16-30/h4-19,21,24,32H,20,22-23H2,1-3H3,(H,37,41). The van der Waals surface area contributed by atoms with Crippen molar-refractivity contribution in [3.05, 3.63) is 130 Å². The first-order chi connectivity index (χ1) is 21.0. The molecule has 1 N–H and O–H groups in total. The van der Waals surface area contributed by atoms with E-state index in [9.17, 15) is 18.0 Å². The minimum atomic E-state index is -4.21. The average molecular weight is 653 g/mol. The van der Waals surface area contributed by atoms with Crippen molar-refractivity contribution < 1.29 is 18.0 Å². The molecular weight excluding hydrogens is 617 g/mol. The first kappa shape index (κ1) is 33.1. The Bertz CT molecular complexity index is 1700. The highest BCUT2D eigenvalue weighted by atomic mass is 35.5. The molecule has 0 spiro atoms. The van der Waals surface area contributed by atoms with E-state index in [4.69, 9.17) is 23.2 Å². The number of carbonyl (C=O) groups is 2. The number of rotatable bonds is 12. The number of halogens is 2. The molecule has 10 heteroatoms. The summed E-state index contributed by atoms with van der Waals surface area (Å²) in [5.41, 5.74) is 2.53. The molecule has 4 rings (SSSR count). The van der Waals surface area contributed by atoms with Crippen molar-refractivity contribution in [1.29, 1.82) is 0 Å². The van der Waals surface area contributed by atoms with Crippen LogP contribution in [0.1, 0.15) is 30.5 Å². The predicted molar refractivity (Wildman–Crippen MR) is 176 cm³/mol. The lowest BCUT2D eigenvalue weighted by atomic mass is 10.0. The zero-order valence-corrected chi connectivity index (χ0v) is 27.1. The molecule has 0 saturated heterocycles. The summed E-state index contributed by atoms with van der Waals surface area (Å²) in [7, 11) is -4.21. The van der Waals surface area contributed by atoms with Gasteiger partial charge < -0.3 is 10.2 Å². The largest absolute Gasteiger partial charge is 0.352 e. The third kappa shape index (κ3) is 8.40. The molecule has 0 aliphatic carbocycles. The van der Waals surface area contributed by atoms with E-state index in [-0.39, 0.29) is 35.5 Å². The van der Waals surface area contributed by atoms with Crippen LogP contribution < -0.4 is 9.62 Å². The lowest BCUT2D eigenvalue weighted by molar-refractivity contribution is -0.140. The van der Waals surface area contributed by atoms with E-state index < -0.39 is 28.5 Å². The van der Waals surface area contributed by atoms with E-state index in [0.717, 1.165) is 15.4 Å². The third-order valence-corrected chi connectivity index (χ3v) is 9.43. The van der Waals surface area contributed by atoms with Gasteiger partial charge in [0.1, 0.15) is 12.6 Å². The zero-order valence-electron chi connectivity index (χ0n) is 24.8. The number of hydrogen-bond acceptors (Lipinski definition) is 4. The van der Waals surface area contributed by atoms with Crippen LogP contribution in [-0.2, 0) is 32.6 Å². The molecule has 0 fully saturated rings. The van der Waals surface area contributed by atoms with Crippen molar-refractivity contribution in [3.63, 3.8) is 0 Å². The molecule has 7 nitrogen and oxygen atoms in total. The molecule has 4 aromatic rings. The molecule has 1 atom stereocenters. The quantitative estimate of drug-likeness (QED) is 0.186. The number of nitrogens with zero attached hydrogens (tertiary/aromatic N) is 2. The summed E-state index contributed by atoms with van der Waals surface area (Å²) in [4.78, 5) is 29.6. The second-order valence-corrected chi connectivity index (χ2v) is 13.5. The van der Waals surface area contributed by atoms with Crippen LogP contribution in [0.15, 0.2) is 108 Å². The van der Waals surface area contributed by atoms with Gasteiger partial charge in [0, 0.05) is 29.1 Å². The van der Waals surface area contributed by atoms with Gasteiger partial charge in [-0.2, -0.15) is 0 Å². The van der Waals surface area contributed by atoms with Gasteiger partial charge in [-0.25, -0.2) is 8.42 Å². The van der Waals surface area contributed by atoms with Crippen LogP contribution in [0.2, 0.25) is 10.0 Å². The van der Waals surface area contributed by atoms with Crippen molar-refractivity contribution in [2.45, 2.75) is 50.7 Å². The van der Waals surface area contributed by atoms with Gasteiger partial charge in [0.2, 0.25) is 11.8 Å². The van der Waals surface area contributed by atoms with Crippen LogP contribution in [0, 0.1) is 6.92 Å². The minimum Gasteiger partial charge on any atom is -0.352 e. The predicted octanol–water partition coefficient (Wildman–Crippen LogP) is 6.66. The molecule has 4 aromatic carbocycles. The Kier molecular flexibility index (Phi) is 11.1. The number of hydrogen-bond donors (Lipinski definition) is 1. The lowest BCUT2D eigenvalue weighted by Crippen LogP contribution is -2.54. The highest BCUT2D eigenvalue weighted by Gasteiger charge is 2.35. The van der Waals surface area contributed by atoms with Gasteiger partial charge in [0.25, 0.3) is 10.0 Å². The van der Waals surface area contributed by atoms with Crippen molar-refractivity contribution in [2.24, 2.45) is 0 Å². The average Bonchev–Trinajstić information content (AvgIpc) is 2.99. The number of sulfonamides is 1. The van der Waals surface area contributed by atoms with Crippen LogP contribution in [-0.4, -0.2) is 43.8 Å². The Labute approximate surface area is 269 Å². The Morgan fingerprint density at radius 3 is 2.07 bits per heavy atom. The molecule has 0 heterocycles. The summed E-state index contributed by atoms with van der Waals surface area (Å²) < 4.78 is 29.1. The first-order valence-corrected chi connectivity index (χ1v) is 16.4. The van der Waals surface area contributed by atoms with Crippen molar-refractivity contribution >= 4 is 50.7 Å². The molecule has 1 unspecified atom stereocenters. The van der Waals surface area contributed by atoms with Gasteiger partial charge in [0.05, 0.1) is 10.6 Å². The molecule has 0 bridgehead atoms. The molecule has 0 saturated carbocycles. The van der Waals surface area contributed by atoms with E-state index in [1.54, 1.807) is 48.5 Å². The van der Waals surface area contributed by atoms with Crippen LogP contribution in [0.25, 0.3) is 0 Å². The second-order valence-electron chi connectivity index (χ2n) is 10.8. The Morgan fingerprint density at radius 1 is 0.818 bits per heavy atom. The van der Waals surface area contributed by atoms with Crippen molar-refractivity contribution in [1.82, 2.24) is 10.2 Å². The van der Waals surface area contributed by atoms with Crippen molar-refractivity contribution in [2.75, 3.05) is 10.8 Å². The van der Waals surface area contributed by atoms with Crippen LogP contribution in [0.4, 0.5) is 5.69 Å². The third-order valence-electron chi connectivity index (χ3n) is 7.00. The number of amides is 2. The molecular formula is C34H35Cl2N3O4S. The molecule has 2 amide bonds. The summed E-state index contributed by atoms with van der Waals surface area (Å²) in [6.45, 7) is 4.95. The maximum absolute atomic E-state index is 14.4. The number of anilines is 1. The van der Waals surface area contributed by atoms with Crippen LogP contribution in [0.3, 0.4) is 0 Å². The topological polar surface area (TPSA) is 86.8 Å². The number of aryl methyl sites for hydroxylation is 1. The van der Waals surface area contributed by atoms with Gasteiger partial charge in [-0.1, -0.05) is 89.9 Å². The van der Waals surface area contributed by atoms with Gasteiger partial charge in [-0.05, 0) is 73.9 Å². The van der Waals surface area contributed by atoms with Crippen LogP contribution in [0.5, 0.6) is 0 Å². The maximum Gasteiger partial charge on any atom is 0.264 e. The Balaban J connectivity index is 1.82. The van der Waals surface area contributed by atoms with Gasteiger partial charge >= 0.3 is 0 Å². The van der Waals surface area contributed by atoms with Gasteiger partial charge in [0.15, 0.2) is 0 Å². The van der Waals surface area contributed by atoms with Gasteiger partial charge in [-0.3, -0.25) is 13.9 Å². The van der Waals surface area contributed by atoms with Crippen molar-refractivity contribution in [3.8, 4) is 0 Å². The fourth-order valence-electron chi connectivity index (χ4n) is 4.75. The SMILES string of the molecule is Cc1ccc(N(CC(=O)N(Cc2cccc(Cl)c2)C(Cc2ccccc2)C(=O)NC(C)C)S(=O)(=O)c2ccccc2)cc1Cl.